The van der Waals surface area contributed by atoms with Crippen molar-refractivity contribution in [1.82, 2.24) is 4.57 Å². The van der Waals surface area contributed by atoms with Crippen LogP contribution in [0.15, 0.2) is 120 Å². The minimum absolute atomic E-state index is 0.0307. The molecule has 5 aromatic rings. The molecule has 1 aromatic heterocycles. The van der Waals surface area contributed by atoms with Gasteiger partial charge < -0.3 is 15.0 Å². The summed E-state index contributed by atoms with van der Waals surface area (Å²) in [5.74, 6) is 0.796. The lowest BCUT2D eigenvalue weighted by molar-refractivity contribution is 0.119. The molecule has 1 fully saturated rings. The SMILES string of the molecule is CCn1c(-c2ccccc2-c2cccc(OCC3(N)CC(N=N)C3)c2)cc(-c2ccccc2)c1-c1ccccc1. The molecule has 1 aliphatic rings. The Morgan fingerprint density at radius 1 is 0.775 bits per heavy atom. The molecule has 6 rings (SSSR count). The summed E-state index contributed by atoms with van der Waals surface area (Å²) in [5, 5.41) is 3.61. The zero-order valence-corrected chi connectivity index (χ0v) is 22.8. The summed E-state index contributed by atoms with van der Waals surface area (Å²) in [7, 11) is 0. The molecule has 5 heteroatoms. The molecule has 0 spiro atoms. The Hall–Kier alpha value is -4.48. The van der Waals surface area contributed by atoms with Crippen LogP contribution in [0.1, 0.15) is 19.8 Å². The summed E-state index contributed by atoms with van der Waals surface area (Å²) in [4.78, 5) is 0. The molecule has 0 atom stereocenters. The molecule has 0 aliphatic heterocycles. The minimum Gasteiger partial charge on any atom is -0.492 e. The standard InChI is InChI=1S/C35H34N4O/c1-2-39-33(21-32(25-12-5-3-6-13-25)34(39)26-14-7-4-8-15-26)31-19-10-9-18-30(31)27-16-11-17-29(20-27)40-24-35(36)22-28(23-35)38-37/h3-21,28,37H,2,22-24,36H2,1H3. The van der Waals surface area contributed by atoms with Gasteiger partial charge in [-0.15, -0.1) is 0 Å². The summed E-state index contributed by atoms with van der Waals surface area (Å²) < 4.78 is 8.59. The molecule has 200 valence electrons. The van der Waals surface area contributed by atoms with Crippen molar-refractivity contribution in [3.05, 3.63) is 115 Å². The van der Waals surface area contributed by atoms with Crippen LogP contribution < -0.4 is 10.5 Å². The molecule has 4 aromatic carbocycles. The second-order valence-electron chi connectivity index (χ2n) is 10.7. The fraction of sp³-hybridized carbons (Fsp3) is 0.200. The highest BCUT2D eigenvalue weighted by Gasteiger charge is 2.42. The molecule has 1 aliphatic carbocycles. The first-order valence-electron chi connectivity index (χ1n) is 13.9. The van der Waals surface area contributed by atoms with Gasteiger partial charge in [0.25, 0.3) is 0 Å². The number of nitrogens with two attached hydrogens (primary N) is 1. The molecule has 0 saturated heterocycles. The van der Waals surface area contributed by atoms with Crippen LogP contribution in [0.25, 0.3) is 44.8 Å². The molecule has 0 bridgehead atoms. The second kappa shape index (κ2) is 10.9. The van der Waals surface area contributed by atoms with E-state index in [2.05, 4.69) is 120 Å². The largest absolute Gasteiger partial charge is 0.492 e. The molecule has 1 heterocycles. The van der Waals surface area contributed by atoms with Crippen molar-refractivity contribution in [2.45, 2.75) is 37.9 Å². The highest BCUT2D eigenvalue weighted by atomic mass is 16.5. The predicted octanol–water partition coefficient (Wildman–Crippen LogP) is 8.45. The second-order valence-corrected chi connectivity index (χ2v) is 10.7. The van der Waals surface area contributed by atoms with Crippen molar-refractivity contribution in [1.29, 1.82) is 5.53 Å². The van der Waals surface area contributed by atoms with Crippen LogP contribution in [0.4, 0.5) is 0 Å². The van der Waals surface area contributed by atoms with Crippen molar-refractivity contribution in [3.8, 4) is 50.5 Å². The van der Waals surface area contributed by atoms with Gasteiger partial charge in [-0.25, -0.2) is 5.53 Å². The zero-order valence-electron chi connectivity index (χ0n) is 22.8. The average Bonchev–Trinajstić information content (AvgIpc) is 3.39. The van der Waals surface area contributed by atoms with Crippen LogP contribution in [-0.2, 0) is 6.54 Å². The van der Waals surface area contributed by atoms with E-state index in [1.807, 2.05) is 12.1 Å². The molecule has 3 N–H and O–H groups in total. The number of ether oxygens (including phenoxy) is 1. The molecule has 0 amide bonds. The number of hydrogen-bond acceptors (Lipinski definition) is 4. The number of rotatable bonds is 9. The van der Waals surface area contributed by atoms with Crippen LogP contribution in [0, 0.1) is 5.53 Å². The van der Waals surface area contributed by atoms with E-state index in [0.29, 0.717) is 19.4 Å². The van der Waals surface area contributed by atoms with E-state index in [9.17, 15) is 0 Å². The van der Waals surface area contributed by atoms with Gasteiger partial charge in [-0.1, -0.05) is 97.1 Å². The van der Waals surface area contributed by atoms with Crippen LogP contribution in [0.5, 0.6) is 5.75 Å². The molecule has 0 unspecified atom stereocenters. The number of hydrogen-bond donors (Lipinski definition) is 2. The number of nitrogens with zero attached hydrogens (tertiary/aromatic N) is 2. The minimum atomic E-state index is -0.410. The normalized spacial score (nSPS) is 18.2. The summed E-state index contributed by atoms with van der Waals surface area (Å²) in [6.45, 7) is 3.47. The summed E-state index contributed by atoms with van der Waals surface area (Å²) in [6.07, 6.45) is 1.39. The first kappa shape index (κ1) is 25.8. The third kappa shape index (κ3) is 4.96. The Labute approximate surface area is 235 Å². The molecular weight excluding hydrogens is 492 g/mol. The van der Waals surface area contributed by atoms with E-state index in [-0.39, 0.29) is 6.04 Å². The Morgan fingerprint density at radius 2 is 1.40 bits per heavy atom. The lowest BCUT2D eigenvalue weighted by Crippen LogP contribution is -2.57. The van der Waals surface area contributed by atoms with Crippen molar-refractivity contribution in [2.24, 2.45) is 10.8 Å². The zero-order chi connectivity index (χ0) is 27.5. The number of nitrogens with one attached hydrogen (secondary N) is 1. The third-order valence-electron chi connectivity index (χ3n) is 7.89. The molecular formula is C35H34N4O. The van der Waals surface area contributed by atoms with Gasteiger partial charge >= 0.3 is 0 Å². The molecule has 40 heavy (non-hydrogen) atoms. The van der Waals surface area contributed by atoms with Crippen LogP contribution in [0.3, 0.4) is 0 Å². The average molecular weight is 527 g/mol. The number of aromatic nitrogens is 1. The van der Waals surface area contributed by atoms with Crippen LogP contribution >= 0.6 is 0 Å². The van der Waals surface area contributed by atoms with Gasteiger partial charge in [0.1, 0.15) is 12.4 Å². The van der Waals surface area contributed by atoms with Gasteiger partial charge in [-0.05, 0) is 60.2 Å². The van der Waals surface area contributed by atoms with Gasteiger partial charge in [0.2, 0.25) is 0 Å². The van der Waals surface area contributed by atoms with Gasteiger partial charge in [-0.3, -0.25) is 0 Å². The summed E-state index contributed by atoms with van der Waals surface area (Å²) in [6, 6.07) is 40.5. The van der Waals surface area contributed by atoms with Crippen molar-refractivity contribution in [3.63, 3.8) is 0 Å². The fourth-order valence-electron chi connectivity index (χ4n) is 5.87. The van der Waals surface area contributed by atoms with Crippen LogP contribution in [-0.4, -0.2) is 22.8 Å². The van der Waals surface area contributed by atoms with E-state index in [1.54, 1.807) is 0 Å². The van der Waals surface area contributed by atoms with Gasteiger partial charge in [0, 0.05) is 23.4 Å². The maximum Gasteiger partial charge on any atom is 0.120 e. The van der Waals surface area contributed by atoms with E-state index in [0.717, 1.165) is 23.4 Å². The lowest BCUT2D eigenvalue weighted by Gasteiger charge is -2.41. The molecule has 1 saturated carbocycles. The Morgan fingerprint density at radius 3 is 2.08 bits per heavy atom. The predicted molar refractivity (Wildman–Crippen MR) is 162 cm³/mol. The van der Waals surface area contributed by atoms with E-state index < -0.39 is 5.54 Å². The summed E-state index contributed by atoms with van der Waals surface area (Å²) >= 11 is 0. The van der Waals surface area contributed by atoms with Crippen molar-refractivity contribution < 1.29 is 4.74 Å². The topological polar surface area (TPSA) is 76.4 Å². The van der Waals surface area contributed by atoms with E-state index in [4.69, 9.17) is 16.0 Å². The maximum atomic E-state index is 7.22. The maximum absolute atomic E-state index is 7.22. The molecule has 5 nitrogen and oxygen atoms in total. The third-order valence-corrected chi connectivity index (χ3v) is 7.89. The first-order valence-corrected chi connectivity index (χ1v) is 13.9. The van der Waals surface area contributed by atoms with E-state index in [1.165, 1.54) is 33.6 Å². The number of benzene rings is 4. The quantitative estimate of drug-likeness (QED) is 0.189. The monoisotopic (exact) mass is 526 g/mol. The van der Waals surface area contributed by atoms with Gasteiger partial charge in [-0.2, -0.15) is 5.11 Å². The smallest absolute Gasteiger partial charge is 0.120 e. The first-order chi connectivity index (χ1) is 19.6. The fourth-order valence-corrected chi connectivity index (χ4v) is 5.87. The Bertz CT molecular complexity index is 1620. The lowest BCUT2D eigenvalue weighted by atomic mass is 9.74. The molecule has 0 radical (unpaired) electrons. The highest BCUT2D eigenvalue weighted by Crippen LogP contribution is 2.42. The highest BCUT2D eigenvalue weighted by molar-refractivity contribution is 5.91. The van der Waals surface area contributed by atoms with Crippen molar-refractivity contribution in [2.75, 3.05) is 6.61 Å². The van der Waals surface area contributed by atoms with Gasteiger partial charge in [0.05, 0.1) is 17.3 Å². The van der Waals surface area contributed by atoms with Crippen molar-refractivity contribution >= 4 is 0 Å². The Kier molecular flexibility index (Phi) is 7.06. The van der Waals surface area contributed by atoms with Gasteiger partial charge in [0.15, 0.2) is 0 Å². The van der Waals surface area contributed by atoms with E-state index >= 15 is 0 Å². The Balaban J connectivity index is 1.41. The summed E-state index contributed by atoms with van der Waals surface area (Å²) in [5.41, 5.74) is 22.7. The van der Waals surface area contributed by atoms with Crippen LogP contribution in [0.2, 0.25) is 0 Å².